The zero-order chi connectivity index (χ0) is 10.1. The lowest BCUT2D eigenvalue weighted by atomic mass is 10.0. The highest BCUT2D eigenvalue weighted by atomic mass is 19.1. The molecule has 0 aliphatic heterocycles. The molecule has 1 unspecified atom stereocenters. The van der Waals surface area contributed by atoms with E-state index >= 15 is 0 Å². The van der Waals surface area contributed by atoms with E-state index in [4.69, 9.17) is 11.5 Å². The maximum Gasteiger partial charge on any atom is 0.123 e. The molecule has 1 aliphatic rings. The van der Waals surface area contributed by atoms with E-state index in [1.54, 1.807) is 6.07 Å². The monoisotopic (exact) mass is 194 g/mol. The van der Waals surface area contributed by atoms with Crippen molar-refractivity contribution in [2.45, 2.75) is 25.3 Å². The summed E-state index contributed by atoms with van der Waals surface area (Å²) in [4.78, 5) is 0. The zero-order valence-electron chi connectivity index (χ0n) is 8.04. The molecule has 3 heteroatoms. The number of hydrogen-bond donors (Lipinski definition) is 2. The average Bonchev–Trinajstić information content (AvgIpc) is 2.93. The van der Waals surface area contributed by atoms with E-state index in [9.17, 15) is 4.39 Å². The van der Waals surface area contributed by atoms with Crippen molar-refractivity contribution in [3.8, 4) is 0 Å². The molecule has 0 aromatic heterocycles. The molecule has 0 heterocycles. The predicted octanol–water partition coefficient (Wildman–Crippen LogP) is 2.21. The lowest BCUT2D eigenvalue weighted by Gasteiger charge is -2.13. The number of benzene rings is 1. The second-order valence-corrected chi connectivity index (χ2v) is 4.06. The third-order valence-corrected chi connectivity index (χ3v) is 2.73. The Hall–Kier alpha value is -1.09. The van der Waals surface area contributed by atoms with Crippen LogP contribution in [0.2, 0.25) is 0 Å². The molecule has 0 radical (unpaired) electrons. The Labute approximate surface area is 83.1 Å². The summed E-state index contributed by atoms with van der Waals surface area (Å²) in [6.45, 7) is 0. The van der Waals surface area contributed by atoms with Crippen LogP contribution in [0.5, 0.6) is 0 Å². The first-order valence-corrected chi connectivity index (χ1v) is 4.97. The molecule has 0 bridgehead atoms. The van der Waals surface area contributed by atoms with Gasteiger partial charge in [0.2, 0.25) is 0 Å². The lowest BCUT2D eigenvalue weighted by Crippen LogP contribution is -2.13. The summed E-state index contributed by atoms with van der Waals surface area (Å²) in [7, 11) is 0. The maximum absolute atomic E-state index is 12.9. The fraction of sp³-hybridized carbons (Fsp3) is 0.455. The Bertz CT molecular complexity index is 334. The topological polar surface area (TPSA) is 52.0 Å². The van der Waals surface area contributed by atoms with Crippen molar-refractivity contribution in [2.24, 2.45) is 11.7 Å². The Morgan fingerprint density at radius 2 is 2.14 bits per heavy atom. The van der Waals surface area contributed by atoms with Crippen molar-refractivity contribution < 1.29 is 4.39 Å². The highest BCUT2D eigenvalue weighted by molar-refractivity contribution is 5.48. The Morgan fingerprint density at radius 1 is 1.43 bits per heavy atom. The van der Waals surface area contributed by atoms with Crippen LogP contribution in [0.1, 0.15) is 30.9 Å². The van der Waals surface area contributed by atoms with Crippen LogP contribution in [0, 0.1) is 11.7 Å². The average molecular weight is 194 g/mol. The predicted molar refractivity (Wildman–Crippen MR) is 55.1 cm³/mol. The minimum atomic E-state index is -0.263. The van der Waals surface area contributed by atoms with E-state index in [1.807, 2.05) is 0 Å². The van der Waals surface area contributed by atoms with Crippen LogP contribution in [0.4, 0.5) is 10.1 Å². The standard InChI is InChI=1S/C11H15FN2/c12-8-3-4-10(13)9(6-8)11(14)5-7-1-2-7/h3-4,6-7,11H,1-2,5,13-14H2. The van der Waals surface area contributed by atoms with Crippen LogP contribution < -0.4 is 11.5 Å². The van der Waals surface area contributed by atoms with Crippen LogP contribution in [-0.2, 0) is 0 Å². The molecule has 1 aliphatic carbocycles. The second kappa shape index (κ2) is 3.58. The van der Waals surface area contributed by atoms with Crippen LogP contribution in [0.3, 0.4) is 0 Å². The van der Waals surface area contributed by atoms with E-state index in [0.29, 0.717) is 5.69 Å². The molecule has 1 aromatic carbocycles. The summed E-state index contributed by atoms with van der Waals surface area (Å²) in [5, 5.41) is 0. The number of nitrogens with two attached hydrogens (primary N) is 2. The van der Waals surface area contributed by atoms with Gasteiger partial charge in [-0.1, -0.05) is 12.8 Å². The largest absolute Gasteiger partial charge is 0.398 e. The first-order valence-electron chi connectivity index (χ1n) is 4.97. The molecule has 0 spiro atoms. The molecule has 4 N–H and O–H groups in total. The number of nitrogen functional groups attached to an aromatic ring is 1. The van der Waals surface area contributed by atoms with E-state index in [1.165, 1.54) is 25.0 Å². The van der Waals surface area contributed by atoms with Crippen LogP contribution in [0.15, 0.2) is 18.2 Å². The molecule has 0 amide bonds. The molecular formula is C11H15FN2. The minimum absolute atomic E-state index is 0.113. The molecule has 1 atom stereocenters. The van der Waals surface area contributed by atoms with Crippen LogP contribution in [-0.4, -0.2) is 0 Å². The maximum atomic E-state index is 12.9. The highest BCUT2D eigenvalue weighted by Crippen LogP contribution is 2.37. The van der Waals surface area contributed by atoms with E-state index < -0.39 is 0 Å². The summed E-state index contributed by atoms with van der Waals surface area (Å²) in [6.07, 6.45) is 3.43. The Balaban J connectivity index is 2.15. The van der Waals surface area contributed by atoms with E-state index in [2.05, 4.69) is 0 Å². The first kappa shape index (κ1) is 9.46. The summed E-state index contributed by atoms with van der Waals surface area (Å²) in [6, 6.07) is 4.28. The van der Waals surface area contributed by atoms with Crippen LogP contribution in [0.25, 0.3) is 0 Å². The molecular weight excluding hydrogens is 179 g/mol. The van der Waals surface area contributed by atoms with Gasteiger partial charge >= 0.3 is 0 Å². The molecule has 1 saturated carbocycles. The van der Waals surface area contributed by atoms with Gasteiger partial charge in [0.05, 0.1) is 0 Å². The van der Waals surface area contributed by atoms with Crippen molar-refractivity contribution in [1.29, 1.82) is 0 Å². The van der Waals surface area contributed by atoms with Gasteiger partial charge in [0.1, 0.15) is 5.82 Å². The summed E-state index contributed by atoms with van der Waals surface area (Å²) in [5.41, 5.74) is 13.0. The third kappa shape index (κ3) is 2.04. The van der Waals surface area contributed by atoms with Crippen molar-refractivity contribution in [2.75, 3.05) is 5.73 Å². The molecule has 2 rings (SSSR count). The fourth-order valence-corrected chi connectivity index (χ4v) is 1.71. The molecule has 76 valence electrons. The van der Waals surface area contributed by atoms with Gasteiger partial charge in [0, 0.05) is 11.7 Å². The van der Waals surface area contributed by atoms with E-state index in [0.717, 1.165) is 17.9 Å². The smallest absolute Gasteiger partial charge is 0.123 e. The van der Waals surface area contributed by atoms with Crippen molar-refractivity contribution in [3.05, 3.63) is 29.6 Å². The van der Waals surface area contributed by atoms with Gasteiger partial charge < -0.3 is 11.5 Å². The number of hydrogen-bond acceptors (Lipinski definition) is 2. The van der Waals surface area contributed by atoms with Crippen molar-refractivity contribution in [3.63, 3.8) is 0 Å². The highest BCUT2D eigenvalue weighted by Gasteiger charge is 2.25. The quantitative estimate of drug-likeness (QED) is 0.725. The van der Waals surface area contributed by atoms with Gasteiger partial charge in [-0.25, -0.2) is 4.39 Å². The Kier molecular flexibility index (Phi) is 2.42. The van der Waals surface area contributed by atoms with Gasteiger partial charge in [0.25, 0.3) is 0 Å². The molecule has 2 nitrogen and oxygen atoms in total. The van der Waals surface area contributed by atoms with Gasteiger partial charge in [0.15, 0.2) is 0 Å². The summed E-state index contributed by atoms with van der Waals surface area (Å²) >= 11 is 0. The Morgan fingerprint density at radius 3 is 2.79 bits per heavy atom. The number of rotatable bonds is 3. The van der Waals surface area contributed by atoms with Crippen LogP contribution >= 0.6 is 0 Å². The molecule has 14 heavy (non-hydrogen) atoms. The first-order chi connectivity index (χ1) is 6.66. The number of anilines is 1. The minimum Gasteiger partial charge on any atom is -0.398 e. The van der Waals surface area contributed by atoms with Gasteiger partial charge in [-0.15, -0.1) is 0 Å². The zero-order valence-corrected chi connectivity index (χ0v) is 8.04. The summed E-state index contributed by atoms with van der Waals surface area (Å²) < 4.78 is 12.9. The molecule has 1 fully saturated rings. The summed E-state index contributed by atoms with van der Waals surface area (Å²) in [5.74, 6) is 0.466. The van der Waals surface area contributed by atoms with Gasteiger partial charge in [-0.05, 0) is 36.1 Å². The van der Waals surface area contributed by atoms with E-state index in [-0.39, 0.29) is 11.9 Å². The SMILES string of the molecule is Nc1ccc(F)cc1C(N)CC1CC1. The van der Waals surface area contributed by atoms with Gasteiger partial charge in [-0.3, -0.25) is 0 Å². The normalized spacial score (nSPS) is 18.1. The second-order valence-electron chi connectivity index (χ2n) is 4.06. The molecule has 0 saturated heterocycles. The number of halogens is 1. The third-order valence-electron chi connectivity index (χ3n) is 2.73. The van der Waals surface area contributed by atoms with Crippen molar-refractivity contribution >= 4 is 5.69 Å². The fourth-order valence-electron chi connectivity index (χ4n) is 1.71. The van der Waals surface area contributed by atoms with Gasteiger partial charge in [-0.2, -0.15) is 0 Å². The lowest BCUT2D eigenvalue weighted by molar-refractivity contribution is 0.584. The van der Waals surface area contributed by atoms with Crippen molar-refractivity contribution in [1.82, 2.24) is 0 Å². The molecule has 1 aromatic rings.